The standard InChI is InChI=1S/C19H20N2O2S/c1-12-9-16(24-18(12)13-5-3-2-4-6-13)19(23)21-14-7-8-15(21)11-20-17(22)10-14/h2-6,9,14-15H,7-8,10-11H2,1H3,(H,20,22)/t14-,15+/m1/s1. The summed E-state index contributed by atoms with van der Waals surface area (Å²) >= 11 is 1.56. The molecule has 2 atom stereocenters. The van der Waals surface area contributed by atoms with Crippen molar-refractivity contribution in [3.63, 3.8) is 0 Å². The number of carbonyl (C=O) groups is 2. The molecule has 1 aromatic carbocycles. The molecule has 124 valence electrons. The molecule has 1 N–H and O–H groups in total. The molecule has 4 rings (SSSR count). The Morgan fingerprint density at radius 1 is 1.21 bits per heavy atom. The first-order valence-electron chi connectivity index (χ1n) is 8.38. The molecule has 0 saturated carbocycles. The molecule has 2 amide bonds. The number of aryl methyl sites for hydroxylation is 1. The SMILES string of the molecule is Cc1cc(C(=O)N2[C@@H]3CC[C@H]2CNC(=O)C3)sc1-c1ccccc1. The van der Waals surface area contributed by atoms with Gasteiger partial charge in [-0.15, -0.1) is 11.3 Å². The third-order valence-electron chi connectivity index (χ3n) is 4.97. The van der Waals surface area contributed by atoms with Crippen LogP contribution in [0.25, 0.3) is 10.4 Å². The summed E-state index contributed by atoms with van der Waals surface area (Å²) in [7, 11) is 0. The number of nitrogens with one attached hydrogen (secondary N) is 1. The van der Waals surface area contributed by atoms with Gasteiger partial charge in [0.05, 0.1) is 4.88 Å². The van der Waals surface area contributed by atoms with Crippen molar-refractivity contribution in [1.82, 2.24) is 10.2 Å². The molecule has 0 aliphatic carbocycles. The molecular weight excluding hydrogens is 320 g/mol. The van der Waals surface area contributed by atoms with Crippen LogP contribution in [0, 0.1) is 6.92 Å². The summed E-state index contributed by atoms with van der Waals surface area (Å²) in [6.45, 7) is 2.63. The highest BCUT2D eigenvalue weighted by Gasteiger charge is 2.41. The maximum absolute atomic E-state index is 13.1. The molecule has 2 bridgehead atoms. The molecule has 5 heteroatoms. The molecule has 0 unspecified atom stereocenters. The molecule has 3 heterocycles. The molecule has 2 fully saturated rings. The van der Waals surface area contributed by atoms with E-state index in [9.17, 15) is 9.59 Å². The molecule has 2 aliphatic heterocycles. The topological polar surface area (TPSA) is 49.4 Å². The Kier molecular flexibility index (Phi) is 3.88. The molecule has 24 heavy (non-hydrogen) atoms. The lowest BCUT2D eigenvalue weighted by atomic mass is 10.1. The van der Waals surface area contributed by atoms with E-state index in [0.717, 1.165) is 33.7 Å². The molecule has 4 nitrogen and oxygen atoms in total. The van der Waals surface area contributed by atoms with Crippen molar-refractivity contribution in [2.75, 3.05) is 6.54 Å². The van der Waals surface area contributed by atoms with Gasteiger partial charge < -0.3 is 10.2 Å². The smallest absolute Gasteiger partial charge is 0.264 e. The first kappa shape index (κ1) is 15.4. The van der Waals surface area contributed by atoms with Crippen molar-refractivity contribution in [2.45, 2.75) is 38.3 Å². The minimum Gasteiger partial charge on any atom is -0.354 e. The van der Waals surface area contributed by atoms with Gasteiger partial charge in [0.25, 0.3) is 5.91 Å². The summed E-state index contributed by atoms with van der Waals surface area (Å²) in [4.78, 5) is 28.8. The third-order valence-corrected chi connectivity index (χ3v) is 6.25. The van der Waals surface area contributed by atoms with E-state index in [1.807, 2.05) is 29.2 Å². The van der Waals surface area contributed by atoms with Crippen molar-refractivity contribution in [2.24, 2.45) is 0 Å². The van der Waals surface area contributed by atoms with Crippen LogP contribution < -0.4 is 5.32 Å². The minimum atomic E-state index is 0.0487. The van der Waals surface area contributed by atoms with Gasteiger partial charge in [-0.25, -0.2) is 0 Å². The highest BCUT2D eigenvalue weighted by molar-refractivity contribution is 7.17. The fraction of sp³-hybridized carbons (Fsp3) is 0.368. The zero-order chi connectivity index (χ0) is 16.7. The minimum absolute atomic E-state index is 0.0487. The van der Waals surface area contributed by atoms with Crippen LogP contribution in [0.3, 0.4) is 0 Å². The highest BCUT2D eigenvalue weighted by atomic mass is 32.1. The van der Waals surface area contributed by atoms with Crippen LogP contribution in [0.5, 0.6) is 0 Å². The second-order valence-corrected chi connectivity index (χ2v) is 7.65. The molecular formula is C19H20N2O2S. The lowest BCUT2D eigenvalue weighted by molar-refractivity contribution is -0.121. The zero-order valence-electron chi connectivity index (χ0n) is 13.6. The van der Waals surface area contributed by atoms with Crippen molar-refractivity contribution in [3.8, 4) is 10.4 Å². The highest BCUT2D eigenvalue weighted by Crippen LogP contribution is 2.36. The number of carbonyl (C=O) groups excluding carboxylic acids is 2. The Labute approximate surface area is 145 Å². The number of rotatable bonds is 2. The van der Waals surface area contributed by atoms with E-state index in [2.05, 4.69) is 24.4 Å². The summed E-state index contributed by atoms with van der Waals surface area (Å²) in [5.41, 5.74) is 2.28. The fourth-order valence-corrected chi connectivity index (χ4v) is 4.92. The van der Waals surface area contributed by atoms with E-state index in [0.29, 0.717) is 13.0 Å². The van der Waals surface area contributed by atoms with E-state index in [1.165, 1.54) is 0 Å². The molecule has 2 aliphatic rings. The van der Waals surface area contributed by atoms with Crippen LogP contribution in [0.2, 0.25) is 0 Å². The van der Waals surface area contributed by atoms with Crippen LogP contribution in [-0.4, -0.2) is 35.3 Å². The molecule has 0 radical (unpaired) electrons. The molecule has 1 aromatic heterocycles. The maximum atomic E-state index is 13.1. The maximum Gasteiger partial charge on any atom is 0.264 e. The molecule has 0 spiro atoms. The van der Waals surface area contributed by atoms with Gasteiger partial charge in [-0.1, -0.05) is 30.3 Å². The lowest BCUT2D eigenvalue weighted by Gasteiger charge is -2.26. The monoisotopic (exact) mass is 340 g/mol. The number of fused-ring (bicyclic) bond motifs is 2. The average Bonchev–Trinajstić information content (AvgIpc) is 3.11. The van der Waals surface area contributed by atoms with Gasteiger partial charge in [-0.2, -0.15) is 0 Å². The number of nitrogens with zero attached hydrogens (tertiary/aromatic N) is 1. The average molecular weight is 340 g/mol. The van der Waals surface area contributed by atoms with Crippen LogP contribution in [0.4, 0.5) is 0 Å². The molecule has 2 aromatic rings. The van der Waals surface area contributed by atoms with Crippen LogP contribution in [0.1, 0.15) is 34.5 Å². The summed E-state index contributed by atoms with van der Waals surface area (Å²) in [6.07, 6.45) is 2.34. The second-order valence-electron chi connectivity index (χ2n) is 6.59. The first-order chi connectivity index (χ1) is 11.6. The van der Waals surface area contributed by atoms with Crippen molar-refractivity contribution in [3.05, 3.63) is 46.8 Å². The lowest BCUT2D eigenvalue weighted by Crippen LogP contribution is -2.42. The first-order valence-corrected chi connectivity index (χ1v) is 9.20. The fourth-order valence-electron chi connectivity index (χ4n) is 3.80. The van der Waals surface area contributed by atoms with E-state index in [-0.39, 0.29) is 23.9 Å². The Hall–Kier alpha value is -2.14. The van der Waals surface area contributed by atoms with E-state index in [1.54, 1.807) is 11.3 Å². The van der Waals surface area contributed by atoms with Gasteiger partial charge in [-0.05, 0) is 37.0 Å². The number of hydrogen-bond acceptors (Lipinski definition) is 3. The normalized spacial score (nSPS) is 23.0. The predicted octanol–water partition coefficient (Wildman–Crippen LogP) is 3.22. The summed E-state index contributed by atoms with van der Waals surface area (Å²) in [5.74, 6) is 0.140. The van der Waals surface area contributed by atoms with E-state index < -0.39 is 0 Å². The van der Waals surface area contributed by atoms with Gasteiger partial charge >= 0.3 is 0 Å². The number of hydrogen-bond donors (Lipinski definition) is 1. The van der Waals surface area contributed by atoms with Gasteiger partial charge in [-0.3, -0.25) is 9.59 Å². The Bertz CT molecular complexity index is 784. The van der Waals surface area contributed by atoms with Gasteiger partial charge in [0.1, 0.15) is 0 Å². The van der Waals surface area contributed by atoms with E-state index in [4.69, 9.17) is 0 Å². The van der Waals surface area contributed by atoms with Crippen LogP contribution >= 0.6 is 11.3 Å². The van der Waals surface area contributed by atoms with Crippen LogP contribution in [-0.2, 0) is 4.79 Å². The Balaban J connectivity index is 1.65. The van der Waals surface area contributed by atoms with Crippen molar-refractivity contribution >= 4 is 23.2 Å². The Morgan fingerprint density at radius 3 is 2.75 bits per heavy atom. The zero-order valence-corrected chi connectivity index (χ0v) is 14.4. The number of benzene rings is 1. The molecule has 2 saturated heterocycles. The van der Waals surface area contributed by atoms with Gasteiger partial charge in [0, 0.05) is 29.9 Å². The number of amides is 2. The van der Waals surface area contributed by atoms with E-state index >= 15 is 0 Å². The van der Waals surface area contributed by atoms with Crippen molar-refractivity contribution in [1.29, 1.82) is 0 Å². The second kappa shape index (κ2) is 6.06. The third kappa shape index (κ3) is 2.63. The largest absolute Gasteiger partial charge is 0.354 e. The summed E-state index contributed by atoms with van der Waals surface area (Å²) in [6, 6.07) is 12.4. The Morgan fingerprint density at radius 2 is 1.96 bits per heavy atom. The van der Waals surface area contributed by atoms with Gasteiger partial charge in [0.15, 0.2) is 0 Å². The van der Waals surface area contributed by atoms with Crippen molar-refractivity contribution < 1.29 is 9.59 Å². The van der Waals surface area contributed by atoms with Crippen LogP contribution in [0.15, 0.2) is 36.4 Å². The summed E-state index contributed by atoms with van der Waals surface area (Å²) < 4.78 is 0. The number of thiophene rings is 1. The predicted molar refractivity (Wildman–Crippen MR) is 95.1 cm³/mol. The quantitative estimate of drug-likeness (QED) is 0.912. The van der Waals surface area contributed by atoms with Gasteiger partial charge in [0.2, 0.25) is 5.91 Å². The summed E-state index contributed by atoms with van der Waals surface area (Å²) in [5, 5.41) is 2.93.